The Kier molecular flexibility index (Phi) is 7.31. The van der Waals surface area contributed by atoms with Crippen LogP contribution >= 0.6 is 35.0 Å². The number of halogens is 2. The maximum Gasteiger partial charge on any atom is 0.237 e. The minimum Gasteiger partial charge on any atom is -0.370 e. The molecule has 2 aromatic rings. The topological polar surface area (TPSA) is 103 Å². The molecule has 0 aliphatic rings. The summed E-state index contributed by atoms with van der Waals surface area (Å²) in [6.07, 6.45) is 0.613. The zero-order chi connectivity index (χ0) is 19.3. The molecule has 2 amide bonds. The number of anilines is 1. The number of rotatable bonds is 8. The SMILES string of the molecule is CCn1c(CCC(N)=O)nnc1S[C@H](C)C(=O)Nc1cc(Cl)ccc1Cl. The maximum absolute atomic E-state index is 12.4. The number of hydrogen-bond acceptors (Lipinski definition) is 5. The van der Waals surface area contributed by atoms with E-state index in [-0.39, 0.29) is 12.3 Å². The summed E-state index contributed by atoms with van der Waals surface area (Å²) in [5, 5.41) is 12.0. The second-order valence-electron chi connectivity index (χ2n) is 5.48. The highest BCUT2D eigenvalue weighted by Gasteiger charge is 2.20. The van der Waals surface area contributed by atoms with Crippen LogP contribution in [0.1, 0.15) is 26.1 Å². The van der Waals surface area contributed by atoms with Gasteiger partial charge in [-0.2, -0.15) is 0 Å². The first-order chi connectivity index (χ1) is 12.3. The zero-order valence-corrected chi connectivity index (χ0v) is 16.7. The number of amides is 2. The molecule has 1 atom stereocenters. The van der Waals surface area contributed by atoms with Crippen LogP contribution in [0.15, 0.2) is 23.4 Å². The standard InChI is InChI=1S/C16H19Cl2N5O2S/c1-3-23-14(7-6-13(19)24)21-22-16(23)26-9(2)15(25)20-12-8-10(17)4-5-11(12)18/h4-5,8-9H,3,6-7H2,1-2H3,(H2,19,24)(H,20,25)/t9-/m1/s1. The van der Waals surface area contributed by atoms with Crippen molar-refractivity contribution in [3.05, 3.63) is 34.1 Å². The maximum atomic E-state index is 12.4. The molecule has 7 nitrogen and oxygen atoms in total. The third kappa shape index (κ3) is 5.36. The first-order valence-electron chi connectivity index (χ1n) is 7.94. The van der Waals surface area contributed by atoms with E-state index in [0.29, 0.717) is 39.7 Å². The van der Waals surface area contributed by atoms with Crippen molar-refractivity contribution in [2.45, 2.75) is 43.6 Å². The van der Waals surface area contributed by atoms with Crippen LogP contribution in [0.2, 0.25) is 10.0 Å². The van der Waals surface area contributed by atoms with Gasteiger partial charge in [0.05, 0.1) is 16.0 Å². The normalized spacial score (nSPS) is 12.0. The molecule has 0 bridgehead atoms. The number of carbonyl (C=O) groups excluding carboxylic acids is 2. The summed E-state index contributed by atoms with van der Waals surface area (Å²) in [6, 6.07) is 4.86. The van der Waals surface area contributed by atoms with Gasteiger partial charge < -0.3 is 15.6 Å². The number of nitrogens with zero attached hydrogens (tertiary/aromatic N) is 3. The van der Waals surface area contributed by atoms with Crippen molar-refractivity contribution in [1.82, 2.24) is 14.8 Å². The predicted octanol–water partition coefficient (Wildman–Crippen LogP) is 3.14. The molecule has 140 valence electrons. The van der Waals surface area contributed by atoms with Gasteiger partial charge in [0.1, 0.15) is 5.82 Å². The summed E-state index contributed by atoms with van der Waals surface area (Å²) in [5.74, 6) is 0.0406. The van der Waals surface area contributed by atoms with Crippen molar-refractivity contribution >= 4 is 52.5 Å². The van der Waals surface area contributed by atoms with Gasteiger partial charge in [0.2, 0.25) is 11.8 Å². The third-order valence-corrected chi connectivity index (χ3v) is 5.19. The number of primary amides is 1. The van der Waals surface area contributed by atoms with E-state index in [9.17, 15) is 9.59 Å². The van der Waals surface area contributed by atoms with E-state index >= 15 is 0 Å². The van der Waals surface area contributed by atoms with E-state index < -0.39 is 11.2 Å². The molecule has 0 unspecified atom stereocenters. The molecule has 1 aromatic carbocycles. The van der Waals surface area contributed by atoms with Crippen LogP contribution in [-0.4, -0.2) is 31.8 Å². The Morgan fingerprint density at radius 1 is 1.35 bits per heavy atom. The zero-order valence-electron chi connectivity index (χ0n) is 14.3. The Labute approximate surface area is 165 Å². The van der Waals surface area contributed by atoms with Gasteiger partial charge in [-0.3, -0.25) is 9.59 Å². The van der Waals surface area contributed by atoms with Crippen LogP contribution < -0.4 is 11.1 Å². The van der Waals surface area contributed by atoms with E-state index in [1.165, 1.54) is 11.8 Å². The van der Waals surface area contributed by atoms with E-state index in [1.54, 1.807) is 25.1 Å². The Morgan fingerprint density at radius 3 is 2.73 bits per heavy atom. The van der Waals surface area contributed by atoms with Gasteiger partial charge in [0.15, 0.2) is 5.16 Å². The van der Waals surface area contributed by atoms with E-state index in [0.717, 1.165) is 0 Å². The number of aryl methyl sites for hydroxylation is 1. The van der Waals surface area contributed by atoms with Crippen LogP contribution in [0.5, 0.6) is 0 Å². The van der Waals surface area contributed by atoms with Crippen molar-refractivity contribution in [1.29, 1.82) is 0 Å². The number of benzene rings is 1. The van der Waals surface area contributed by atoms with Gasteiger partial charge >= 0.3 is 0 Å². The Bertz CT molecular complexity index is 812. The summed E-state index contributed by atoms with van der Waals surface area (Å²) in [4.78, 5) is 23.4. The highest BCUT2D eigenvalue weighted by atomic mass is 35.5. The molecular formula is C16H19Cl2N5O2S. The molecule has 3 N–H and O–H groups in total. The Hall–Kier alpha value is -1.77. The lowest BCUT2D eigenvalue weighted by atomic mass is 10.3. The average Bonchev–Trinajstić information content (AvgIpc) is 2.97. The fourth-order valence-electron chi connectivity index (χ4n) is 2.18. The molecule has 2 rings (SSSR count). The van der Waals surface area contributed by atoms with Crippen molar-refractivity contribution < 1.29 is 9.59 Å². The lowest BCUT2D eigenvalue weighted by Gasteiger charge is -2.13. The molecule has 0 saturated heterocycles. The molecule has 10 heteroatoms. The number of nitrogens with one attached hydrogen (secondary N) is 1. The highest BCUT2D eigenvalue weighted by molar-refractivity contribution is 8.00. The molecule has 0 aliphatic heterocycles. The van der Waals surface area contributed by atoms with Crippen molar-refractivity contribution in [2.75, 3.05) is 5.32 Å². The monoisotopic (exact) mass is 415 g/mol. The summed E-state index contributed by atoms with van der Waals surface area (Å²) in [5.41, 5.74) is 5.63. The second-order valence-corrected chi connectivity index (χ2v) is 7.63. The van der Waals surface area contributed by atoms with E-state index in [1.807, 2.05) is 11.5 Å². The fraction of sp³-hybridized carbons (Fsp3) is 0.375. The smallest absolute Gasteiger partial charge is 0.237 e. The quantitative estimate of drug-likeness (QED) is 0.644. The van der Waals surface area contributed by atoms with Gasteiger partial charge in [-0.25, -0.2) is 0 Å². The number of carbonyl (C=O) groups is 2. The minimum atomic E-state index is -0.441. The Balaban J connectivity index is 2.06. The van der Waals surface area contributed by atoms with Crippen molar-refractivity contribution in [3.63, 3.8) is 0 Å². The molecule has 0 saturated carbocycles. The second kappa shape index (κ2) is 9.25. The molecule has 1 aromatic heterocycles. The van der Waals surface area contributed by atoms with E-state index in [2.05, 4.69) is 15.5 Å². The fourth-order valence-corrected chi connectivity index (χ4v) is 3.45. The number of hydrogen-bond donors (Lipinski definition) is 2. The van der Waals surface area contributed by atoms with Gasteiger partial charge in [-0.05, 0) is 32.0 Å². The molecule has 0 radical (unpaired) electrons. The summed E-state index contributed by atoms with van der Waals surface area (Å²) in [6.45, 7) is 4.33. The van der Waals surface area contributed by atoms with Crippen molar-refractivity contribution in [3.8, 4) is 0 Å². The molecule has 1 heterocycles. The number of nitrogens with two attached hydrogens (primary N) is 1. The molecule has 0 aliphatic carbocycles. The first-order valence-corrected chi connectivity index (χ1v) is 9.58. The molecule has 0 spiro atoms. The van der Waals surface area contributed by atoms with Gasteiger partial charge in [0.25, 0.3) is 0 Å². The summed E-state index contributed by atoms with van der Waals surface area (Å²) in [7, 11) is 0. The lowest BCUT2D eigenvalue weighted by Crippen LogP contribution is -2.23. The van der Waals surface area contributed by atoms with Crippen LogP contribution in [-0.2, 0) is 22.6 Å². The average molecular weight is 416 g/mol. The predicted molar refractivity (Wildman–Crippen MR) is 104 cm³/mol. The third-order valence-electron chi connectivity index (χ3n) is 3.54. The lowest BCUT2D eigenvalue weighted by molar-refractivity contribution is -0.118. The van der Waals surface area contributed by atoms with E-state index in [4.69, 9.17) is 28.9 Å². The van der Waals surface area contributed by atoms with Crippen LogP contribution in [0.4, 0.5) is 5.69 Å². The molecular weight excluding hydrogens is 397 g/mol. The van der Waals surface area contributed by atoms with Crippen molar-refractivity contribution in [2.24, 2.45) is 5.73 Å². The van der Waals surface area contributed by atoms with Crippen LogP contribution in [0, 0.1) is 0 Å². The molecule has 26 heavy (non-hydrogen) atoms. The minimum absolute atomic E-state index is 0.201. The molecule has 0 fully saturated rings. The van der Waals surface area contributed by atoms with Gasteiger partial charge in [0, 0.05) is 24.4 Å². The number of thioether (sulfide) groups is 1. The highest BCUT2D eigenvalue weighted by Crippen LogP contribution is 2.28. The largest absolute Gasteiger partial charge is 0.370 e. The first kappa shape index (κ1) is 20.5. The number of aromatic nitrogens is 3. The van der Waals surface area contributed by atoms with Gasteiger partial charge in [-0.15, -0.1) is 10.2 Å². The Morgan fingerprint density at radius 2 is 2.08 bits per heavy atom. The summed E-state index contributed by atoms with van der Waals surface area (Å²) >= 11 is 13.3. The van der Waals surface area contributed by atoms with Crippen LogP contribution in [0.3, 0.4) is 0 Å². The van der Waals surface area contributed by atoms with Gasteiger partial charge in [-0.1, -0.05) is 35.0 Å². The summed E-state index contributed by atoms with van der Waals surface area (Å²) < 4.78 is 1.86. The van der Waals surface area contributed by atoms with Crippen LogP contribution in [0.25, 0.3) is 0 Å².